The molecule has 1 heterocycles. The maximum Gasteiger partial charge on any atom is 0.320 e. The summed E-state index contributed by atoms with van der Waals surface area (Å²) in [5.74, 6) is -0.883. The van der Waals surface area contributed by atoms with Crippen LogP contribution in [0.2, 0.25) is 0 Å². The first kappa shape index (κ1) is 14.9. The van der Waals surface area contributed by atoms with Gasteiger partial charge in [-0.25, -0.2) is 8.42 Å². The van der Waals surface area contributed by atoms with Gasteiger partial charge in [0.05, 0.1) is 18.4 Å². The SMILES string of the molecule is COC(=O)CNS(=O)(=O)c1cc2c(cc1Br)NC(=O)C2. The molecule has 0 aliphatic carbocycles. The highest BCUT2D eigenvalue weighted by Crippen LogP contribution is 2.32. The number of carbonyl (C=O) groups is 2. The summed E-state index contributed by atoms with van der Waals surface area (Å²) in [6, 6.07) is 2.92. The zero-order chi connectivity index (χ0) is 14.9. The van der Waals surface area contributed by atoms with Crippen molar-refractivity contribution in [3.8, 4) is 0 Å². The van der Waals surface area contributed by atoms with Gasteiger partial charge >= 0.3 is 5.97 Å². The molecule has 0 aromatic heterocycles. The molecule has 1 aromatic rings. The number of amides is 1. The quantitative estimate of drug-likeness (QED) is 0.754. The number of hydrogen-bond acceptors (Lipinski definition) is 5. The number of hydrogen-bond donors (Lipinski definition) is 2. The molecule has 0 unspecified atom stereocenters. The van der Waals surface area contributed by atoms with Crippen LogP contribution in [-0.4, -0.2) is 33.9 Å². The number of benzene rings is 1. The van der Waals surface area contributed by atoms with Crippen molar-refractivity contribution in [3.05, 3.63) is 22.2 Å². The molecule has 2 rings (SSSR count). The number of ether oxygens (including phenoxy) is 1. The van der Waals surface area contributed by atoms with Crippen LogP contribution in [-0.2, 0) is 30.8 Å². The number of carbonyl (C=O) groups excluding carboxylic acids is 2. The first-order valence-electron chi connectivity index (χ1n) is 5.52. The number of halogens is 1. The molecular weight excluding hydrogens is 352 g/mol. The van der Waals surface area contributed by atoms with Gasteiger partial charge in [0, 0.05) is 10.2 Å². The van der Waals surface area contributed by atoms with Crippen LogP contribution in [0.15, 0.2) is 21.5 Å². The molecule has 108 valence electrons. The molecule has 1 amide bonds. The highest BCUT2D eigenvalue weighted by molar-refractivity contribution is 9.10. The number of methoxy groups -OCH3 is 1. The summed E-state index contributed by atoms with van der Waals surface area (Å²) in [6.45, 7) is -0.459. The van der Waals surface area contributed by atoms with E-state index in [2.05, 4.69) is 30.7 Å². The van der Waals surface area contributed by atoms with Crippen molar-refractivity contribution in [3.63, 3.8) is 0 Å². The maximum atomic E-state index is 12.1. The van der Waals surface area contributed by atoms with Crippen LogP contribution in [0.4, 0.5) is 5.69 Å². The Hall–Kier alpha value is -1.45. The first-order chi connectivity index (χ1) is 9.33. The van der Waals surface area contributed by atoms with E-state index in [0.717, 1.165) is 0 Å². The smallest absolute Gasteiger partial charge is 0.320 e. The molecular formula is C11H11BrN2O5S. The summed E-state index contributed by atoms with van der Waals surface area (Å²) in [7, 11) is -2.71. The van der Waals surface area contributed by atoms with E-state index < -0.39 is 22.5 Å². The number of sulfonamides is 1. The van der Waals surface area contributed by atoms with Crippen molar-refractivity contribution in [1.82, 2.24) is 4.72 Å². The molecule has 2 N–H and O–H groups in total. The van der Waals surface area contributed by atoms with E-state index in [4.69, 9.17) is 0 Å². The first-order valence-corrected chi connectivity index (χ1v) is 7.80. The Kier molecular flexibility index (Phi) is 4.11. The van der Waals surface area contributed by atoms with Gasteiger partial charge in [-0.1, -0.05) is 0 Å². The Labute approximate surface area is 123 Å². The topological polar surface area (TPSA) is 102 Å². The highest BCUT2D eigenvalue weighted by Gasteiger charge is 2.25. The van der Waals surface area contributed by atoms with Gasteiger partial charge in [-0.15, -0.1) is 0 Å². The number of nitrogens with one attached hydrogen (secondary N) is 2. The van der Waals surface area contributed by atoms with Crippen molar-refractivity contribution < 1.29 is 22.7 Å². The third-order valence-corrected chi connectivity index (χ3v) is 5.07. The minimum absolute atomic E-state index is 0.0309. The zero-order valence-corrected chi connectivity index (χ0v) is 12.8. The summed E-state index contributed by atoms with van der Waals surface area (Å²) in [5.41, 5.74) is 1.17. The fraction of sp³-hybridized carbons (Fsp3) is 0.273. The van der Waals surface area contributed by atoms with Crippen LogP contribution >= 0.6 is 15.9 Å². The number of rotatable bonds is 4. The molecule has 7 nitrogen and oxygen atoms in total. The molecule has 9 heteroatoms. The molecule has 1 aromatic carbocycles. The van der Waals surface area contributed by atoms with Crippen molar-refractivity contribution in [2.75, 3.05) is 19.0 Å². The fourth-order valence-corrected chi connectivity index (χ4v) is 3.79. The van der Waals surface area contributed by atoms with Crippen molar-refractivity contribution >= 4 is 43.5 Å². The summed E-state index contributed by atoms with van der Waals surface area (Å²) < 4.78 is 31.0. The van der Waals surface area contributed by atoms with Gasteiger partial charge in [-0.05, 0) is 33.6 Å². The second kappa shape index (κ2) is 5.51. The Morgan fingerprint density at radius 1 is 1.50 bits per heavy atom. The normalized spacial score (nSPS) is 13.8. The average Bonchev–Trinajstić information content (AvgIpc) is 2.74. The van der Waals surface area contributed by atoms with E-state index in [1.54, 1.807) is 0 Å². The minimum Gasteiger partial charge on any atom is -0.468 e. The Balaban J connectivity index is 2.31. The van der Waals surface area contributed by atoms with Gasteiger partial charge in [0.2, 0.25) is 15.9 Å². The van der Waals surface area contributed by atoms with Crippen LogP contribution in [0.5, 0.6) is 0 Å². The Morgan fingerprint density at radius 2 is 2.20 bits per heavy atom. The van der Waals surface area contributed by atoms with Crippen molar-refractivity contribution in [1.29, 1.82) is 0 Å². The van der Waals surface area contributed by atoms with E-state index >= 15 is 0 Å². The molecule has 0 saturated carbocycles. The van der Waals surface area contributed by atoms with Gasteiger partial charge in [-0.3, -0.25) is 9.59 Å². The molecule has 1 aliphatic rings. The molecule has 0 atom stereocenters. The molecule has 0 fully saturated rings. The van der Waals surface area contributed by atoms with Crippen LogP contribution in [0, 0.1) is 0 Å². The van der Waals surface area contributed by atoms with Gasteiger partial charge in [0.25, 0.3) is 0 Å². The second-order valence-corrected chi connectivity index (χ2v) is 6.66. The van der Waals surface area contributed by atoms with E-state index in [1.165, 1.54) is 19.2 Å². The summed E-state index contributed by atoms with van der Waals surface area (Å²) >= 11 is 3.14. The predicted molar refractivity (Wildman–Crippen MR) is 73.7 cm³/mol. The monoisotopic (exact) mass is 362 g/mol. The van der Waals surface area contributed by atoms with E-state index in [1.807, 2.05) is 0 Å². The molecule has 0 bridgehead atoms. The third-order valence-electron chi connectivity index (χ3n) is 2.71. The average molecular weight is 363 g/mol. The standard InChI is InChI=1S/C11H11BrN2O5S/c1-19-11(16)5-13-20(17,18)9-2-6-3-10(15)14-8(6)4-7(9)12/h2,4,13H,3,5H2,1H3,(H,14,15). The lowest BCUT2D eigenvalue weighted by molar-refractivity contribution is -0.139. The van der Waals surface area contributed by atoms with Gasteiger partial charge in [0.1, 0.15) is 6.54 Å². The van der Waals surface area contributed by atoms with Crippen LogP contribution < -0.4 is 10.0 Å². The number of fused-ring (bicyclic) bond motifs is 1. The molecule has 0 spiro atoms. The lowest BCUT2D eigenvalue weighted by Gasteiger charge is -2.09. The van der Waals surface area contributed by atoms with Gasteiger partial charge in [0.15, 0.2) is 0 Å². The van der Waals surface area contributed by atoms with E-state index in [0.29, 0.717) is 15.7 Å². The number of anilines is 1. The largest absolute Gasteiger partial charge is 0.468 e. The molecule has 0 saturated heterocycles. The zero-order valence-electron chi connectivity index (χ0n) is 10.4. The van der Waals surface area contributed by atoms with Crippen LogP contribution in [0.3, 0.4) is 0 Å². The summed E-state index contributed by atoms with van der Waals surface area (Å²) in [4.78, 5) is 22.2. The highest BCUT2D eigenvalue weighted by atomic mass is 79.9. The van der Waals surface area contributed by atoms with Crippen molar-refractivity contribution in [2.24, 2.45) is 0 Å². The fourth-order valence-electron chi connectivity index (χ4n) is 1.74. The number of esters is 1. The lowest BCUT2D eigenvalue weighted by atomic mass is 10.2. The molecule has 1 aliphatic heterocycles. The molecule has 0 radical (unpaired) electrons. The third kappa shape index (κ3) is 3.00. The minimum atomic E-state index is -3.87. The second-order valence-electron chi connectivity index (χ2n) is 4.07. The van der Waals surface area contributed by atoms with Gasteiger partial charge < -0.3 is 10.1 Å². The Bertz CT molecular complexity index is 686. The molecule has 20 heavy (non-hydrogen) atoms. The van der Waals surface area contributed by atoms with Crippen molar-refractivity contribution in [2.45, 2.75) is 11.3 Å². The van der Waals surface area contributed by atoms with Crippen LogP contribution in [0.1, 0.15) is 5.56 Å². The van der Waals surface area contributed by atoms with E-state index in [-0.39, 0.29) is 17.2 Å². The summed E-state index contributed by atoms with van der Waals surface area (Å²) in [6.07, 6.45) is 0.127. The van der Waals surface area contributed by atoms with E-state index in [9.17, 15) is 18.0 Å². The maximum absolute atomic E-state index is 12.1. The van der Waals surface area contributed by atoms with Crippen LogP contribution in [0.25, 0.3) is 0 Å². The lowest BCUT2D eigenvalue weighted by Crippen LogP contribution is -2.30. The van der Waals surface area contributed by atoms with Gasteiger partial charge in [-0.2, -0.15) is 4.72 Å². The Morgan fingerprint density at radius 3 is 2.85 bits per heavy atom. The predicted octanol–water partition coefficient (Wildman–Crippen LogP) is 0.395. The summed E-state index contributed by atoms with van der Waals surface area (Å²) in [5, 5.41) is 2.62.